The summed E-state index contributed by atoms with van der Waals surface area (Å²) in [5.41, 5.74) is 6.02. The van der Waals surface area contributed by atoms with Crippen LogP contribution in [0, 0.1) is 24.8 Å². The van der Waals surface area contributed by atoms with Crippen LogP contribution < -0.4 is 9.47 Å². The van der Waals surface area contributed by atoms with Gasteiger partial charge >= 0.3 is 0 Å². The first kappa shape index (κ1) is 32.1. The van der Waals surface area contributed by atoms with E-state index >= 15 is 0 Å². The minimum absolute atomic E-state index is 0.0519. The molecule has 0 saturated heterocycles. The molecule has 0 radical (unpaired) electrons. The normalized spacial score (nSPS) is 15.0. The Morgan fingerprint density at radius 1 is 1.14 bits per heavy atom. The van der Waals surface area contributed by atoms with E-state index < -0.39 is 11.4 Å². The predicted molar refractivity (Wildman–Crippen MR) is 168 cm³/mol. The Balaban J connectivity index is 0.000000576. The van der Waals surface area contributed by atoms with Crippen molar-refractivity contribution in [3.8, 4) is 34.8 Å². The van der Waals surface area contributed by atoms with Crippen LogP contribution in [0.25, 0.3) is 22.5 Å². The third kappa shape index (κ3) is 7.78. The largest absolute Gasteiger partial charge is 0.481 e. The van der Waals surface area contributed by atoms with Crippen LogP contribution in [0.3, 0.4) is 0 Å². The van der Waals surface area contributed by atoms with Gasteiger partial charge in [-0.2, -0.15) is 5.10 Å². The van der Waals surface area contributed by atoms with E-state index in [-0.39, 0.29) is 18.9 Å². The van der Waals surface area contributed by atoms with Gasteiger partial charge in [0.1, 0.15) is 29.7 Å². The Labute approximate surface area is 256 Å². The summed E-state index contributed by atoms with van der Waals surface area (Å²) >= 11 is 0. The average Bonchev–Trinajstić information content (AvgIpc) is 3.41. The number of nitrogens with zero attached hydrogens (tertiary/aromatic N) is 3. The number of ether oxygens (including phenoxy) is 2. The van der Waals surface area contributed by atoms with Gasteiger partial charge in [0.05, 0.1) is 17.0 Å². The second kappa shape index (κ2) is 14.1. The molecule has 6 bridgehead atoms. The van der Waals surface area contributed by atoms with Crippen molar-refractivity contribution in [1.82, 2.24) is 14.6 Å². The van der Waals surface area contributed by atoms with Gasteiger partial charge in [0.15, 0.2) is 12.3 Å². The third-order valence-corrected chi connectivity index (χ3v) is 6.61. The molecule has 228 valence electrons. The number of hydrogen-bond acceptors (Lipinski definition) is 7. The Morgan fingerprint density at radius 2 is 1.86 bits per heavy atom. The molecule has 9 heteroatoms. The number of hydrogen-bond donors (Lipinski definition) is 2. The maximum atomic E-state index is 14.1. The fraction of sp³-hybridized carbons (Fsp3) is 0.286. The number of aliphatic hydroxyl groups is 2. The van der Waals surface area contributed by atoms with Crippen molar-refractivity contribution in [2.75, 3.05) is 13.7 Å². The molecule has 2 aromatic heterocycles. The lowest BCUT2D eigenvalue weighted by atomic mass is 9.88. The molecule has 3 aliphatic rings. The SMILES string of the molecule is CC(C)(C)O.CO.Cc1nc2cc3nn2c(c1CC=O)-c1ccc(cc1)OCC#COc1cc(F)ccc1C1C=C3C=CC1. The highest BCUT2D eigenvalue weighted by molar-refractivity contribution is 5.78. The fourth-order valence-electron chi connectivity index (χ4n) is 4.84. The molecule has 1 aliphatic carbocycles. The van der Waals surface area contributed by atoms with Crippen LogP contribution in [0.5, 0.6) is 11.5 Å². The first-order valence-electron chi connectivity index (χ1n) is 14.2. The van der Waals surface area contributed by atoms with Crippen molar-refractivity contribution in [3.05, 3.63) is 95.1 Å². The zero-order valence-corrected chi connectivity index (χ0v) is 25.5. The Morgan fingerprint density at radius 3 is 2.57 bits per heavy atom. The van der Waals surface area contributed by atoms with Gasteiger partial charge in [-0.3, -0.25) is 0 Å². The van der Waals surface area contributed by atoms with Crippen LogP contribution in [0.4, 0.5) is 4.39 Å². The first-order valence-corrected chi connectivity index (χ1v) is 14.2. The summed E-state index contributed by atoms with van der Waals surface area (Å²) in [7, 11) is 1.00. The standard InChI is InChI=1S/C30H22FN3O3.C4H10O.CH4O/c1-19-25(12-13-35)30-20-6-9-24(10-7-20)36-14-3-15-37-28-17-23(31)8-11-26(28)21-4-2-5-22(16-21)27-18-29(32-19)34(30)33-27;1-4(2,3)5;1-2/h2,5-11,13,16-18,21H,4,12,14H2,1H3;5H,1-3H3;2H,1H3. The molecule has 1 unspecified atom stereocenters. The zero-order valence-electron chi connectivity index (χ0n) is 25.5. The average molecular weight is 598 g/mol. The highest BCUT2D eigenvalue weighted by Crippen LogP contribution is 2.37. The summed E-state index contributed by atoms with van der Waals surface area (Å²) in [5.74, 6) is 3.40. The third-order valence-electron chi connectivity index (χ3n) is 6.61. The van der Waals surface area contributed by atoms with Crippen molar-refractivity contribution in [1.29, 1.82) is 0 Å². The fourth-order valence-corrected chi connectivity index (χ4v) is 4.84. The number of carbonyl (C=O) groups is 1. The molecule has 44 heavy (non-hydrogen) atoms. The van der Waals surface area contributed by atoms with Crippen LogP contribution in [0.2, 0.25) is 0 Å². The van der Waals surface area contributed by atoms with Gasteiger partial charge in [-0.15, -0.1) is 0 Å². The number of aromatic nitrogens is 3. The lowest BCUT2D eigenvalue weighted by molar-refractivity contribution is -0.107. The molecule has 2 N–H and O–H groups in total. The Kier molecular flexibility index (Phi) is 10.3. The van der Waals surface area contributed by atoms with E-state index in [0.717, 1.165) is 59.2 Å². The van der Waals surface area contributed by atoms with E-state index in [1.54, 1.807) is 31.4 Å². The number of aryl methyl sites for hydroxylation is 1. The number of halogens is 1. The van der Waals surface area contributed by atoms with Crippen molar-refractivity contribution >= 4 is 17.5 Å². The van der Waals surface area contributed by atoms with E-state index in [2.05, 4.69) is 24.2 Å². The molecule has 4 aromatic rings. The number of rotatable bonds is 2. The molecular weight excluding hydrogens is 561 g/mol. The molecule has 7 rings (SSSR count). The lowest BCUT2D eigenvalue weighted by Gasteiger charge is -2.18. The topological polar surface area (TPSA) is 106 Å². The number of aliphatic hydroxyl groups excluding tert-OH is 1. The number of benzene rings is 2. The number of carbonyl (C=O) groups excluding carboxylic acids is 1. The molecular formula is C35H36FN3O5. The zero-order chi connectivity index (χ0) is 31.9. The van der Waals surface area contributed by atoms with E-state index in [0.29, 0.717) is 17.1 Å². The highest BCUT2D eigenvalue weighted by atomic mass is 19.1. The summed E-state index contributed by atoms with van der Waals surface area (Å²) in [4.78, 5) is 16.3. The van der Waals surface area contributed by atoms with E-state index in [1.165, 1.54) is 12.1 Å². The maximum absolute atomic E-state index is 14.1. The van der Waals surface area contributed by atoms with Crippen molar-refractivity contribution < 1.29 is 28.9 Å². The second-order valence-electron chi connectivity index (χ2n) is 11.1. The van der Waals surface area contributed by atoms with Crippen molar-refractivity contribution in [2.24, 2.45) is 0 Å². The van der Waals surface area contributed by atoms with Crippen molar-refractivity contribution in [2.45, 2.75) is 52.1 Å². The maximum Gasteiger partial charge on any atom is 0.156 e. The van der Waals surface area contributed by atoms with E-state index in [1.807, 2.05) is 43.3 Å². The van der Waals surface area contributed by atoms with E-state index in [9.17, 15) is 9.18 Å². The van der Waals surface area contributed by atoms with Crippen LogP contribution >= 0.6 is 0 Å². The second-order valence-corrected chi connectivity index (χ2v) is 11.1. The van der Waals surface area contributed by atoms with Gasteiger partial charge in [-0.05, 0) is 75.9 Å². The smallest absolute Gasteiger partial charge is 0.156 e. The summed E-state index contributed by atoms with van der Waals surface area (Å²) in [5, 5.41) is 20.4. The molecule has 2 aliphatic heterocycles. The Bertz CT molecular complexity index is 1750. The van der Waals surface area contributed by atoms with Gasteiger partial charge in [-0.1, -0.05) is 24.3 Å². The summed E-state index contributed by atoms with van der Waals surface area (Å²) in [6, 6.07) is 14.0. The van der Waals surface area contributed by atoms with Gasteiger partial charge < -0.3 is 24.5 Å². The summed E-state index contributed by atoms with van der Waals surface area (Å²) in [6.45, 7) is 7.25. The molecule has 2 aromatic carbocycles. The van der Waals surface area contributed by atoms with Crippen molar-refractivity contribution in [3.63, 3.8) is 0 Å². The summed E-state index contributed by atoms with van der Waals surface area (Å²) < 4.78 is 27.3. The number of fused-ring (bicyclic) bond motifs is 5. The molecule has 4 heterocycles. The molecule has 0 spiro atoms. The monoisotopic (exact) mass is 597 g/mol. The molecule has 8 nitrogen and oxygen atoms in total. The Hall–Kier alpha value is -4.78. The lowest BCUT2D eigenvalue weighted by Crippen LogP contribution is -2.10. The first-order chi connectivity index (χ1) is 21.1. The molecule has 0 saturated carbocycles. The summed E-state index contributed by atoms with van der Waals surface area (Å²) in [6.07, 6.45) is 10.7. The molecule has 0 fully saturated rings. The van der Waals surface area contributed by atoms with Gasteiger partial charge in [0.25, 0.3) is 0 Å². The van der Waals surface area contributed by atoms with Gasteiger partial charge in [0, 0.05) is 54.0 Å². The minimum Gasteiger partial charge on any atom is -0.481 e. The van der Waals surface area contributed by atoms with Gasteiger partial charge in [0.2, 0.25) is 0 Å². The van der Waals surface area contributed by atoms with Crippen LogP contribution in [-0.2, 0) is 11.2 Å². The van der Waals surface area contributed by atoms with Crippen LogP contribution in [0.1, 0.15) is 55.6 Å². The number of allylic oxidation sites excluding steroid dienone is 4. The highest BCUT2D eigenvalue weighted by Gasteiger charge is 2.21. The quantitative estimate of drug-likeness (QED) is 0.221. The molecule has 0 amide bonds. The minimum atomic E-state index is -0.500. The molecule has 1 atom stereocenters. The predicted octanol–water partition coefficient (Wildman–Crippen LogP) is 5.83. The van der Waals surface area contributed by atoms with Gasteiger partial charge in [-0.25, -0.2) is 13.9 Å². The van der Waals surface area contributed by atoms with Crippen LogP contribution in [0.15, 0.2) is 66.8 Å². The van der Waals surface area contributed by atoms with Crippen LogP contribution in [-0.4, -0.2) is 50.4 Å². The number of aldehydes is 1. The van der Waals surface area contributed by atoms with E-state index in [4.69, 9.17) is 29.8 Å².